The molecule has 0 bridgehead atoms. The van der Waals surface area contributed by atoms with E-state index in [1.54, 1.807) is 11.3 Å². The van der Waals surface area contributed by atoms with Crippen molar-refractivity contribution in [2.24, 2.45) is 4.99 Å². The highest BCUT2D eigenvalue weighted by atomic mass is 127. The highest BCUT2D eigenvalue weighted by Gasteiger charge is 2.02. The van der Waals surface area contributed by atoms with Gasteiger partial charge >= 0.3 is 0 Å². The lowest BCUT2D eigenvalue weighted by Gasteiger charge is -2.12. The van der Waals surface area contributed by atoms with Crippen LogP contribution in [0.5, 0.6) is 0 Å². The minimum absolute atomic E-state index is 0. The number of aromatic nitrogens is 1. The number of guanidine groups is 1. The summed E-state index contributed by atoms with van der Waals surface area (Å²) in [6.45, 7) is 6.64. The zero-order valence-corrected chi connectivity index (χ0v) is 19.0. The summed E-state index contributed by atoms with van der Waals surface area (Å²) in [6.07, 6.45) is 3.78. The monoisotopic (exact) mass is 494 g/mol. The molecule has 0 unspecified atom stereocenters. The van der Waals surface area contributed by atoms with Crippen LogP contribution in [0.2, 0.25) is 0 Å². The van der Waals surface area contributed by atoms with E-state index in [4.69, 9.17) is 0 Å². The molecule has 3 aromatic rings. The van der Waals surface area contributed by atoms with Crippen LogP contribution in [0, 0.1) is 6.92 Å². The highest BCUT2D eigenvalue weighted by molar-refractivity contribution is 14.0. The van der Waals surface area contributed by atoms with Gasteiger partial charge in [-0.2, -0.15) is 0 Å². The minimum atomic E-state index is 0. The lowest BCUT2D eigenvalue weighted by Crippen LogP contribution is -2.38. The molecule has 0 aliphatic carbocycles. The molecule has 0 saturated heterocycles. The first-order valence-electron chi connectivity index (χ1n) is 9.16. The smallest absolute Gasteiger partial charge is 0.191 e. The molecule has 27 heavy (non-hydrogen) atoms. The maximum Gasteiger partial charge on any atom is 0.191 e. The van der Waals surface area contributed by atoms with E-state index in [9.17, 15) is 0 Å². The van der Waals surface area contributed by atoms with E-state index in [-0.39, 0.29) is 24.0 Å². The second kappa shape index (κ2) is 11.2. The molecule has 2 aromatic carbocycles. The van der Waals surface area contributed by atoms with Crippen LogP contribution in [-0.4, -0.2) is 30.6 Å². The molecule has 1 heterocycles. The van der Waals surface area contributed by atoms with E-state index in [2.05, 4.69) is 76.9 Å². The summed E-state index contributed by atoms with van der Waals surface area (Å²) in [5.74, 6) is 0.876. The number of hydrogen-bond acceptors (Lipinski definition) is 3. The maximum absolute atomic E-state index is 4.67. The van der Waals surface area contributed by atoms with Gasteiger partial charge in [0.15, 0.2) is 5.96 Å². The first-order valence-corrected chi connectivity index (χ1v) is 9.98. The van der Waals surface area contributed by atoms with Gasteiger partial charge in [0, 0.05) is 37.1 Å². The predicted octanol–water partition coefficient (Wildman–Crippen LogP) is 4.56. The van der Waals surface area contributed by atoms with Gasteiger partial charge in [-0.3, -0.25) is 4.99 Å². The fourth-order valence-electron chi connectivity index (χ4n) is 2.95. The van der Waals surface area contributed by atoms with Crippen LogP contribution >= 0.6 is 35.3 Å². The zero-order chi connectivity index (χ0) is 18.2. The number of nitrogens with zero attached hydrogens (tertiary/aromatic N) is 2. The number of aliphatic imine (C=N–C) groups is 1. The standard InChI is InChI=1S/C21H26N4S.HI/c1-3-22-21(24-14-12-20-25-15-16(2)26-20)23-13-11-18-9-6-8-17-7-4-5-10-19(17)18;/h4-10,15H,3,11-14H2,1-2H3,(H2,22,23,24);1H. The first kappa shape index (κ1) is 21.6. The van der Waals surface area contributed by atoms with E-state index in [1.807, 2.05) is 6.20 Å². The molecule has 3 rings (SSSR count). The molecular weight excluding hydrogens is 467 g/mol. The van der Waals surface area contributed by atoms with Crippen LogP contribution in [0.1, 0.15) is 22.4 Å². The molecule has 4 nitrogen and oxygen atoms in total. The van der Waals surface area contributed by atoms with E-state index >= 15 is 0 Å². The van der Waals surface area contributed by atoms with E-state index < -0.39 is 0 Å². The topological polar surface area (TPSA) is 49.3 Å². The van der Waals surface area contributed by atoms with Crippen LogP contribution in [0.15, 0.2) is 53.7 Å². The Morgan fingerprint density at radius 3 is 2.67 bits per heavy atom. The van der Waals surface area contributed by atoms with Gasteiger partial charge in [0.25, 0.3) is 0 Å². The van der Waals surface area contributed by atoms with Crippen molar-refractivity contribution in [3.8, 4) is 0 Å². The Bertz CT molecular complexity index is 870. The van der Waals surface area contributed by atoms with Crippen molar-refractivity contribution in [2.45, 2.75) is 26.7 Å². The molecule has 0 aliphatic heterocycles. The van der Waals surface area contributed by atoms with Crippen LogP contribution in [0.3, 0.4) is 0 Å². The van der Waals surface area contributed by atoms with E-state index in [1.165, 1.54) is 21.2 Å². The third-order valence-corrected chi connectivity index (χ3v) is 5.15. The van der Waals surface area contributed by atoms with Crippen LogP contribution in [0.25, 0.3) is 10.8 Å². The van der Waals surface area contributed by atoms with Crippen LogP contribution in [0.4, 0.5) is 0 Å². The molecule has 0 saturated carbocycles. The average Bonchev–Trinajstić information content (AvgIpc) is 3.07. The van der Waals surface area contributed by atoms with Gasteiger partial charge < -0.3 is 10.6 Å². The zero-order valence-electron chi connectivity index (χ0n) is 15.9. The Hall–Kier alpha value is -1.67. The van der Waals surface area contributed by atoms with Gasteiger partial charge in [-0.15, -0.1) is 35.3 Å². The number of fused-ring (bicyclic) bond motifs is 1. The van der Waals surface area contributed by atoms with Crippen molar-refractivity contribution in [2.75, 3.05) is 19.6 Å². The fourth-order valence-corrected chi connectivity index (χ4v) is 3.72. The van der Waals surface area contributed by atoms with E-state index in [0.717, 1.165) is 43.4 Å². The van der Waals surface area contributed by atoms with Gasteiger partial charge in [-0.25, -0.2) is 4.98 Å². The molecule has 0 amide bonds. The Balaban J connectivity index is 0.00000261. The lowest BCUT2D eigenvalue weighted by atomic mass is 10.0. The number of aryl methyl sites for hydroxylation is 1. The molecule has 2 N–H and O–H groups in total. The normalized spacial score (nSPS) is 11.3. The number of hydrogen-bond donors (Lipinski definition) is 2. The van der Waals surface area contributed by atoms with Crippen molar-refractivity contribution in [3.05, 3.63) is 64.1 Å². The molecule has 0 aliphatic rings. The summed E-state index contributed by atoms with van der Waals surface area (Å²) in [6, 6.07) is 15.1. The number of benzene rings is 2. The van der Waals surface area contributed by atoms with Gasteiger partial charge in [-0.05, 0) is 36.6 Å². The lowest BCUT2D eigenvalue weighted by molar-refractivity contribution is 0.798. The Labute approximate surface area is 182 Å². The summed E-state index contributed by atoms with van der Waals surface area (Å²) >= 11 is 1.75. The van der Waals surface area contributed by atoms with Crippen molar-refractivity contribution in [1.29, 1.82) is 0 Å². The SMILES string of the molecule is CCNC(=NCCc1ncc(C)s1)NCCc1cccc2ccccc12.I. The maximum atomic E-state index is 4.67. The summed E-state index contributed by atoms with van der Waals surface area (Å²) in [5, 5.41) is 10.5. The minimum Gasteiger partial charge on any atom is -0.357 e. The summed E-state index contributed by atoms with van der Waals surface area (Å²) in [4.78, 5) is 10.3. The van der Waals surface area contributed by atoms with Gasteiger partial charge in [0.05, 0.1) is 5.01 Å². The third kappa shape index (κ3) is 6.46. The average molecular weight is 494 g/mol. The number of rotatable bonds is 7. The van der Waals surface area contributed by atoms with Gasteiger partial charge in [0.2, 0.25) is 0 Å². The first-order chi connectivity index (χ1) is 12.8. The number of halogens is 1. The Kier molecular flexibility index (Phi) is 9.00. The van der Waals surface area contributed by atoms with Crippen LogP contribution in [-0.2, 0) is 12.8 Å². The molecular formula is C21H27IN4S. The van der Waals surface area contributed by atoms with Crippen molar-refractivity contribution in [3.63, 3.8) is 0 Å². The molecule has 144 valence electrons. The van der Waals surface area contributed by atoms with Gasteiger partial charge in [-0.1, -0.05) is 42.5 Å². The van der Waals surface area contributed by atoms with Crippen molar-refractivity contribution in [1.82, 2.24) is 15.6 Å². The molecule has 6 heteroatoms. The second-order valence-electron chi connectivity index (χ2n) is 6.19. The fraction of sp³-hybridized carbons (Fsp3) is 0.333. The van der Waals surface area contributed by atoms with Gasteiger partial charge in [0.1, 0.15) is 0 Å². The number of thiazole rings is 1. The molecule has 0 fully saturated rings. The molecule has 0 radical (unpaired) electrons. The summed E-state index contributed by atoms with van der Waals surface area (Å²) < 4.78 is 0. The highest BCUT2D eigenvalue weighted by Crippen LogP contribution is 2.18. The summed E-state index contributed by atoms with van der Waals surface area (Å²) in [7, 11) is 0. The van der Waals surface area contributed by atoms with Crippen molar-refractivity contribution >= 4 is 52.0 Å². The van der Waals surface area contributed by atoms with Crippen molar-refractivity contribution < 1.29 is 0 Å². The molecule has 0 spiro atoms. The largest absolute Gasteiger partial charge is 0.357 e. The van der Waals surface area contributed by atoms with E-state index in [0.29, 0.717) is 0 Å². The summed E-state index contributed by atoms with van der Waals surface area (Å²) in [5.41, 5.74) is 1.37. The quantitative estimate of drug-likeness (QED) is 0.288. The molecule has 1 aromatic heterocycles. The Morgan fingerprint density at radius 2 is 1.89 bits per heavy atom. The third-order valence-electron chi connectivity index (χ3n) is 4.18. The second-order valence-corrected chi connectivity index (χ2v) is 7.51. The predicted molar refractivity (Wildman–Crippen MR) is 128 cm³/mol. The molecule has 0 atom stereocenters. The Morgan fingerprint density at radius 1 is 1.07 bits per heavy atom. The van der Waals surface area contributed by atoms with Crippen LogP contribution < -0.4 is 10.6 Å². The number of nitrogens with one attached hydrogen (secondary N) is 2.